The molecule has 8 heteroatoms. The summed E-state index contributed by atoms with van der Waals surface area (Å²) in [6.07, 6.45) is -1.20. The number of thiazole rings is 1. The number of methoxy groups -OCH3 is 1. The van der Waals surface area contributed by atoms with Crippen LogP contribution < -0.4 is 10.1 Å². The van der Waals surface area contributed by atoms with E-state index in [4.69, 9.17) is 9.84 Å². The molecule has 2 aromatic rings. The van der Waals surface area contributed by atoms with Gasteiger partial charge in [-0.1, -0.05) is 27.3 Å². The van der Waals surface area contributed by atoms with Gasteiger partial charge < -0.3 is 9.84 Å². The van der Waals surface area contributed by atoms with E-state index >= 15 is 0 Å². The molecule has 19 heavy (non-hydrogen) atoms. The Morgan fingerprint density at radius 2 is 2.26 bits per heavy atom. The molecule has 0 saturated heterocycles. The topological polar surface area (TPSA) is 88.5 Å². The fourth-order valence-corrected chi connectivity index (χ4v) is 2.89. The number of alkyl halides is 1. The Morgan fingerprint density at radius 1 is 1.53 bits per heavy atom. The molecule has 0 spiro atoms. The molecule has 0 saturated carbocycles. The maximum absolute atomic E-state index is 11.8. The molecule has 0 bridgehead atoms. The molecule has 1 amide bonds. The predicted octanol–water partition coefficient (Wildman–Crippen LogP) is 2.97. The van der Waals surface area contributed by atoms with Gasteiger partial charge in [-0.2, -0.15) is 0 Å². The Hall–Kier alpha value is -1.67. The minimum atomic E-state index is -1.20. The second kappa shape index (κ2) is 5.54. The van der Waals surface area contributed by atoms with Gasteiger partial charge in [0.15, 0.2) is 10.9 Å². The number of hydrogen-bond acceptors (Lipinski definition) is 5. The van der Waals surface area contributed by atoms with Crippen molar-refractivity contribution in [3.05, 3.63) is 17.7 Å². The van der Waals surface area contributed by atoms with Gasteiger partial charge >= 0.3 is 6.09 Å². The van der Waals surface area contributed by atoms with Crippen LogP contribution >= 0.6 is 27.3 Å². The molecule has 0 aliphatic heterocycles. The summed E-state index contributed by atoms with van der Waals surface area (Å²) in [7, 11) is 1.49. The molecule has 0 unspecified atom stereocenters. The van der Waals surface area contributed by atoms with Gasteiger partial charge in [0, 0.05) is 5.56 Å². The minimum Gasteiger partial charge on any atom is -0.494 e. The lowest BCUT2D eigenvalue weighted by Crippen LogP contribution is -2.06. The van der Waals surface area contributed by atoms with Crippen LogP contribution in [0.2, 0.25) is 0 Å². The molecule has 2 rings (SSSR count). The van der Waals surface area contributed by atoms with Crippen molar-refractivity contribution in [3.63, 3.8) is 0 Å². The number of nitrogens with one attached hydrogen (secondary N) is 1. The predicted molar refractivity (Wildman–Crippen MR) is 75.9 cm³/mol. The largest absolute Gasteiger partial charge is 0.494 e. The number of carbonyl (C=O) groups is 2. The van der Waals surface area contributed by atoms with Crippen molar-refractivity contribution >= 4 is 54.5 Å². The van der Waals surface area contributed by atoms with Crippen LogP contribution in [-0.4, -0.2) is 34.4 Å². The van der Waals surface area contributed by atoms with Gasteiger partial charge in [-0.15, -0.1) is 0 Å². The smallest absolute Gasteiger partial charge is 0.410 e. The first-order valence-electron chi connectivity index (χ1n) is 5.13. The SMILES string of the molecule is COc1ccc(C(=O)CBr)c2sc(NC(=O)O)nc12. The van der Waals surface area contributed by atoms with Crippen LogP contribution in [0.15, 0.2) is 12.1 Å². The third-order valence-corrected chi connectivity index (χ3v) is 3.88. The van der Waals surface area contributed by atoms with E-state index in [0.717, 1.165) is 11.3 Å². The normalized spacial score (nSPS) is 10.4. The summed E-state index contributed by atoms with van der Waals surface area (Å²) in [6.45, 7) is 0. The average Bonchev–Trinajstić information content (AvgIpc) is 2.78. The quantitative estimate of drug-likeness (QED) is 0.657. The Balaban J connectivity index is 2.63. The van der Waals surface area contributed by atoms with Crippen molar-refractivity contribution in [1.82, 2.24) is 4.98 Å². The number of fused-ring (bicyclic) bond motifs is 1. The molecular weight excluding hydrogens is 336 g/mol. The van der Waals surface area contributed by atoms with Crippen LogP contribution in [0, 0.1) is 0 Å². The number of rotatable bonds is 4. The summed E-state index contributed by atoms with van der Waals surface area (Å²) >= 11 is 4.21. The first kappa shape index (κ1) is 13.8. The first-order chi connectivity index (χ1) is 9.06. The fraction of sp³-hybridized carbons (Fsp3) is 0.182. The monoisotopic (exact) mass is 344 g/mol. The molecule has 2 N–H and O–H groups in total. The third kappa shape index (κ3) is 2.69. The standard InChI is InChI=1S/C11H9BrN2O4S/c1-18-7-3-2-5(6(15)4-12)9-8(7)13-10(19-9)14-11(16)17/h2-3H,4H2,1H3,(H,13,14)(H,16,17). The van der Waals surface area contributed by atoms with Gasteiger partial charge in [0.25, 0.3) is 0 Å². The van der Waals surface area contributed by atoms with Gasteiger partial charge in [-0.05, 0) is 12.1 Å². The first-order valence-corrected chi connectivity index (χ1v) is 7.07. The Kier molecular flexibility index (Phi) is 4.01. The summed E-state index contributed by atoms with van der Waals surface area (Å²) in [5.41, 5.74) is 0.965. The number of ether oxygens (including phenoxy) is 1. The van der Waals surface area contributed by atoms with E-state index in [9.17, 15) is 9.59 Å². The number of halogens is 1. The van der Waals surface area contributed by atoms with Gasteiger partial charge in [0.1, 0.15) is 11.3 Å². The second-order valence-electron chi connectivity index (χ2n) is 3.50. The zero-order valence-electron chi connectivity index (χ0n) is 9.77. The number of hydrogen-bond donors (Lipinski definition) is 2. The van der Waals surface area contributed by atoms with Crippen molar-refractivity contribution < 1.29 is 19.4 Å². The average molecular weight is 345 g/mol. The molecular formula is C11H9BrN2O4S. The lowest BCUT2D eigenvalue weighted by molar-refractivity contribution is 0.102. The molecule has 0 atom stereocenters. The van der Waals surface area contributed by atoms with Crippen molar-refractivity contribution in [1.29, 1.82) is 0 Å². The van der Waals surface area contributed by atoms with Crippen LogP contribution in [0.4, 0.5) is 9.93 Å². The lowest BCUT2D eigenvalue weighted by atomic mass is 10.1. The number of ketones is 1. The van der Waals surface area contributed by atoms with Gasteiger partial charge in [-0.25, -0.2) is 9.78 Å². The van der Waals surface area contributed by atoms with Gasteiger partial charge in [-0.3, -0.25) is 10.1 Å². The van der Waals surface area contributed by atoms with Crippen LogP contribution in [0.25, 0.3) is 10.2 Å². The number of Topliss-reactive ketones (excluding diaryl/α,β-unsaturated/α-hetero) is 1. The summed E-state index contributed by atoms with van der Waals surface area (Å²) in [6, 6.07) is 3.29. The molecule has 1 aromatic heterocycles. The molecule has 0 aliphatic rings. The van der Waals surface area contributed by atoms with E-state index < -0.39 is 6.09 Å². The summed E-state index contributed by atoms with van der Waals surface area (Å²) in [5.74, 6) is 0.397. The summed E-state index contributed by atoms with van der Waals surface area (Å²) in [4.78, 5) is 26.6. The highest BCUT2D eigenvalue weighted by Gasteiger charge is 2.17. The maximum atomic E-state index is 11.8. The second-order valence-corrected chi connectivity index (χ2v) is 5.06. The number of amides is 1. The number of benzene rings is 1. The molecule has 0 radical (unpaired) electrons. The lowest BCUT2D eigenvalue weighted by Gasteiger charge is -2.03. The zero-order valence-corrected chi connectivity index (χ0v) is 12.2. The maximum Gasteiger partial charge on any atom is 0.410 e. The summed E-state index contributed by atoms with van der Waals surface area (Å²) in [5, 5.41) is 11.3. The number of carboxylic acid groups (broad SMARTS) is 1. The zero-order chi connectivity index (χ0) is 14.0. The van der Waals surface area contributed by atoms with Crippen LogP contribution in [0.1, 0.15) is 10.4 Å². The van der Waals surface area contributed by atoms with E-state index in [1.165, 1.54) is 7.11 Å². The summed E-state index contributed by atoms with van der Waals surface area (Å²) < 4.78 is 5.76. The Morgan fingerprint density at radius 3 is 2.84 bits per heavy atom. The Bertz CT molecular complexity index is 655. The van der Waals surface area contributed by atoms with E-state index in [2.05, 4.69) is 26.2 Å². The van der Waals surface area contributed by atoms with Gasteiger partial charge in [0.05, 0.1) is 17.1 Å². The molecule has 100 valence electrons. The third-order valence-electron chi connectivity index (χ3n) is 2.36. The number of aromatic nitrogens is 1. The molecule has 0 fully saturated rings. The fourth-order valence-electron chi connectivity index (χ4n) is 1.58. The van der Waals surface area contributed by atoms with E-state index in [1.54, 1.807) is 12.1 Å². The highest BCUT2D eigenvalue weighted by molar-refractivity contribution is 9.09. The Labute approximate surface area is 120 Å². The van der Waals surface area contributed by atoms with Crippen molar-refractivity contribution in [3.8, 4) is 5.75 Å². The van der Waals surface area contributed by atoms with Crippen LogP contribution in [0.3, 0.4) is 0 Å². The van der Waals surface area contributed by atoms with E-state index in [0.29, 0.717) is 21.5 Å². The number of carbonyl (C=O) groups excluding carboxylic acids is 1. The number of anilines is 1. The molecule has 1 heterocycles. The van der Waals surface area contributed by atoms with Crippen LogP contribution in [0.5, 0.6) is 5.75 Å². The van der Waals surface area contributed by atoms with Crippen molar-refractivity contribution in [2.24, 2.45) is 0 Å². The van der Waals surface area contributed by atoms with Gasteiger partial charge in [0.2, 0.25) is 0 Å². The molecule has 0 aliphatic carbocycles. The number of nitrogens with zero attached hydrogens (tertiary/aromatic N) is 1. The van der Waals surface area contributed by atoms with Crippen LogP contribution in [-0.2, 0) is 0 Å². The highest BCUT2D eigenvalue weighted by Crippen LogP contribution is 2.35. The molecule has 6 nitrogen and oxygen atoms in total. The minimum absolute atomic E-state index is 0.0989. The van der Waals surface area contributed by atoms with Crippen molar-refractivity contribution in [2.45, 2.75) is 0 Å². The van der Waals surface area contributed by atoms with E-state index in [1.807, 2.05) is 0 Å². The highest BCUT2D eigenvalue weighted by atomic mass is 79.9. The van der Waals surface area contributed by atoms with E-state index in [-0.39, 0.29) is 16.2 Å². The molecule has 1 aromatic carbocycles. The van der Waals surface area contributed by atoms with Crippen molar-refractivity contribution in [2.75, 3.05) is 17.8 Å².